The van der Waals surface area contributed by atoms with Gasteiger partial charge >= 0.3 is 0 Å². The Hall–Kier alpha value is -1.40. The second-order valence-corrected chi connectivity index (χ2v) is 8.31. The Labute approximate surface area is 139 Å². The second kappa shape index (κ2) is 7.45. The summed E-state index contributed by atoms with van der Waals surface area (Å²) in [5, 5.41) is 0. The van der Waals surface area contributed by atoms with Crippen molar-refractivity contribution >= 4 is 15.9 Å². The molecule has 1 N–H and O–H groups in total. The summed E-state index contributed by atoms with van der Waals surface area (Å²) in [6.07, 6.45) is 1.35. The molecule has 1 aliphatic heterocycles. The summed E-state index contributed by atoms with van der Waals surface area (Å²) >= 11 is 0. The van der Waals surface area contributed by atoms with Crippen LogP contribution in [0, 0.1) is 5.92 Å². The zero-order valence-corrected chi connectivity index (χ0v) is 14.9. The number of nitrogens with one attached hydrogen (secondary N) is 1. The van der Waals surface area contributed by atoms with Crippen molar-refractivity contribution in [1.82, 2.24) is 9.62 Å². The normalized spacial score (nSPS) is 16.3. The van der Waals surface area contributed by atoms with Gasteiger partial charge in [0.25, 0.3) is 0 Å². The minimum Gasteiger partial charge on any atom is -0.337 e. The molecule has 0 radical (unpaired) electrons. The number of fused-ring (bicyclic) bond motifs is 1. The minimum absolute atomic E-state index is 0.0479. The number of carbonyl (C=O) groups excluding carboxylic acids is 1. The Balaban J connectivity index is 2.13. The Morgan fingerprint density at radius 3 is 2.52 bits per heavy atom. The van der Waals surface area contributed by atoms with E-state index in [-0.39, 0.29) is 17.6 Å². The lowest BCUT2D eigenvalue weighted by Crippen LogP contribution is -2.52. The predicted molar refractivity (Wildman–Crippen MR) is 91.4 cm³/mol. The number of hydrogen-bond acceptors (Lipinski definition) is 3. The lowest BCUT2D eigenvalue weighted by Gasteiger charge is -2.33. The van der Waals surface area contributed by atoms with E-state index in [1.54, 1.807) is 4.90 Å². The number of benzene rings is 1. The Kier molecular flexibility index (Phi) is 5.81. The van der Waals surface area contributed by atoms with Crippen LogP contribution in [-0.2, 0) is 27.8 Å². The van der Waals surface area contributed by atoms with Gasteiger partial charge in [0.15, 0.2) is 0 Å². The summed E-state index contributed by atoms with van der Waals surface area (Å²) in [6, 6.07) is 7.39. The van der Waals surface area contributed by atoms with Crippen molar-refractivity contribution < 1.29 is 13.2 Å². The third kappa shape index (κ3) is 4.54. The largest absolute Gasteiger partial charge is 0.337 e. The van der Waals surface area contributed by atoms with Crippen LogP contribution in [0.3, 0.4) is 0 Å². The van der Waals surface area contributed by atoms with Gasteiger partial charge in [0.1, 0.15) is 6.04 Å². The van der Waals surface area contributed by atoms with Gasteiger partial charge in [-0.25, -0.2) is 13.1 Å². The maximum Gasteiger partial charge on any atom is 0.241 e. The van der Waals surface area contributed by atoms with E-state index in [1.807, 2.05) is 39.0 Å². The molecule has 1 heterocycles. The van der Waals surface area contributed by atoms with E-state index < -0.39 is 16.1 Å². The lowest BCUT2D eigenvalue weighted by molar-refractivity contribution is -0.135. The van der Waals surface area contributed by atoms with E-state index >= 15 is 0 Å². The first kappa shape index (κ1) is 17.9. The zero-order valence-electron chi connectivity index (χ0n) is 14.1. The lowest BCUT2D eigenvalue weighted by atomic mass is 9.97. The van der Waals surface area contributed by atoms with E-state index in [2.05, 4.69) is 10.8 Å². The van der Waals surface area contributed by atoms with Crippen molar-refractivity contribution in [2.75, 3.05) is 12.3 Å². The molecule has 1 aromatic carbocycles. The molecule has 0 unspecified atom stereocenters. The van der Waals surface area contributed by atoms with Gasteiger partial charge in [-0.15, -0.1) is 0 Å². The molecule has 0 saturated heterocycles. The molecule has 0 spiro atoms. The molecule has 6 heteroatoms. The van der Waals surface area contributed by atoms with E-state index in [0.717, 1.165) is 12.0 Å². The van der Waals surface area contributed by atoms with Gasteiger partial charge in [0, 0.05) is 13.1 Å². The van der Waals surface area contributed by atoms with Gasteiger partial charge in [0.05, 0.1) is 5.75 Å². The summed E-state index contributed by atoms with van der Waals surface area (Å²) in [4.78, 5) is 14.6. The Morgan fingerprint density at radius 2 is 1.91 bits per heavy atom. The number of nitrogens with zero attached hydrogens (tertiary/aromatic N) is 1. The predicted octanol–water partition coefficient (Wildman–Crippen LogP) is 1.93. The summed E-state index contributed by atoms with van der Waals surface area (Å²) in [7, 11) is -3.42. The summed E-state index contributed by atoms with van der Waals surface area (Å²) < 4.78 is 26.7. The minimum atomic E-state index is -3.42. The van der Waals surface area contributed by atoms with Crippen LogP contribution >= 0.6 is 0 Å². The van der Waals surface area contributed by atoms with E-state index in [1.165, 1.54) is 5.56 Å². The highest BCUT2D eigenvalue weighted by Gasteiger charge is 2.32. The fourth-order valence-corrected chi connectivity index (χ4v) is 4.29. The van der Waals surface area contributed by atoms with Crippen LogP contribution in [0.5, 0.6) is 0 Å². The summed E-state index contributed by atoms with van der Waals surface area (Å²) in [5.41, 5.74) is 2.41. The van der Waals surface area contributed by atoms with E-state index in [9.17, 15) is 13.2 Å². The fourth-order valence-electron chi connectivity index (χ4n) is 2.87. The molecule has 0 fully saturated rings. The van der Waals surface area contributed by atoms with Crippen molar-refractivity contribution in [1.29, 1.82) is 0 Å². The highest BCUT2D eigenvalue weighted by atomic mass is 32.2. The van der Waals surface area contributed by atoms with Crippen LogP contribution < -0.4 is 4.72 Å². The molecule has 2 rings (SSSR count). The van der Waals surface area contributed by atoms with Crippen LogP contribution in [0.1, 0.15) is 38.3 Å². The SMILES string of the molecule is CCCS(=O)(=O)N[C@@H](C(=O)N1CCc2ccccc2C1)C(C)C. The first-order valence-corrected chi connectivity index (χ1v) is 9.85. The molecule has 1 amide bonds. The monoisotopic (exact) mass is 338 g/mol. The zero-order chi connectivity index (χ0) is 17.0. The second-order valence-electron chi connectivity index (χ2n) is 6.44. The number of sulfonamides is 1. The van der Waals surface area contributed by atoms with Gasteiger partial charge in [-0.05, 0) is 29.9 Å². The Bertz CT molecular complexity index is 656. The smallest absolute Gasteiger partial charge is 0.241 e. The fraction of sp³-hybridized carbons (Fsp3) is 0.588. The highest BCUT2D eigenvalue weighted by Crippen LogP contribution is 2.20. The summed E-state index contributed by atoms with van der Waals surface area (Å²) in [6.45, 7) is 6.74. The van der Waals surface area contributed by atoms with E-state index in [4.69, 9.17) is 0 Å². The van der Waals surface area contributed by atoms with Gasteiger partial charge in [-0.1, -0.05) is 45.0 Å². The first-order chi connectivity index (χ1) is 10.8. The average Bonchev–Trinajstić information content (AvgIpc) is 2.51. The number of carbonyl (C=O) groups is 1. The molecular weight excluding hydrogens is 312 g/mol. The van der Waals surface area contributed by atoms with Crippen LogP contribution in [0.4, 0.5) is 0 Å². The molecule has 0 bridgehead atoms. The topological polar surface area (TPSA) is 66.5 Å². The highest BCUT2D eigenvalue weighted by molar-refractivity contribution is 7.89. The molecule has 1 atom stereocenters. The van der Waals surface area contributed by atoms with Gasteiger partial charge < -0.3 is 4.90 Å². The molecule has 1 aliphatic rings. The Morgan fingerprint density at radius 1 is 1.26 bits per heavy atom. The standard InChI is InChI=1S/C17H26N2O3S/c1-4-11-23(21,22)18-16(13(2)3)17(20)19-10-9-14-7-5-6-8-15(14)12-19/h5-8,13,16,18H,4,9-12H2,1-3H3/t16-/m1/s1. The summed E-state index contributed by atoms with van der Waals surface area (Å²) in [5.74, 6) is -0.174. The number of hydrogen-bond donors (Lipinski definition) is 1. The van der Waals surface area contributed by atoms with Crippen molar-refractivity contribution in [3.8, 4) is 0 Å². The van der Waals surface area contributed by atoms with E-state index in [0.29, 0.717) is 19.5 Å². The van der Waals surface area contributed by atoms with Crippen LogP contribution in [-0.4, -0.2) is 37.6 Å². The molecular formula is C17H26N2O3S. The van der Waals surface area contributed by atoms with Crippen molar-refractivity contribution in [3.63, 3.8) is 0 Å². The van der Waals surface area contributed by atoms with Crippen molar-refractivity contribution in [2.24, 2.45) is 5.92 Å². The van der Waals surface area contributed by atoms with Crippen LogP contribution in [0.25, 0.3) is 0 Å². The molecule has 5 nitrogen and oxygen atoms in total. The first-order valence-electron chi connectivity index (χ1n) is 8.19. The van der Waals surface area contributed by atoms with Crippen LogP contribution in [0.2, 0.25) is 0 Å². The van der Waals surface area contributed by atoms with Crippen LogP contribution in [0.15, 0.2) is 24.3 Å². The van der Waals surface area contributed by atoms with Crippen molar-refractivity contribution in [2.45, 2.75) is 46.2 Å². The number of amides is 1. The van der Waals surface area contributed by atoms with Gasteiger partial charge in [-0.3, -0.25) is 4.79 Å². The molecule has 23 heavy (non-hydrogen) atoms. The van der Waals surface area contributed by atoms with Crippen molar-refractivity contribution in [3.05, 3.63) is 35.4 Å². The third-order valence-electron chi connectivity index (χ3n) is 4.15. The quantitative estimate of drug-likeness (QED) is 0.862. The van der Waals surface area contributed by atoms with Gasteiger partial charge in [-0.2, -0.15) is 0 Å². The molecule has 1 aromatic rings. The molecule has 0 saturated carbocycles. The average molecular weight is 338 g/mol. The molecule has 0 aromatic heterocycles. The van der Waals surface area contributed by atoms with Gasteiger partial charge in [0.2, 0.25) is 15.9 Å². The molecule has 0 aliphatic carbocycles. The molecule has 128 valence electrons. The number of rotatable bonds is 6. The maximum atomic E-state index is 12.8. The third-order valence-corrected chi connectivity index (χ3v) is 5.71. The maximum absolute atomic E-state index is 12.8.